The second-order valence-electron chi connectivity index (χ2n) is 5.12. The Morgan fingerprint density at radius 2 is 2.20 bits per heavy atom. The van der Waals surface area contributed by atoms with Crippen LogP contribution in [-0.2, 0) is 0 Å². The summed E-state index contributed by atoms with van der Waals surface area (Å²) in [6, 6.07) is 2.24. The third-order valence-corrected chi connectivity index (χ3v) is 3.65. The van der Waals surface area contributed by atoms with Crippen LogP contribution in [0.2, 0.25) is 0 Å². The molecule has 5 nitrogen and oxygen atoms in total. The molecule has 112 valence electrons. The maximum atomic E-state index is 9.01. The van der Waals surface area contributed by atoms with Gasteiger partial charge in [-0.3, -0.25) is 0 Å². The first-order chi connectivity index (χ1) is 9.56. The summed E-state index contributed by atoms with van der Waals surface area (Å²) in [6.45, 7) is 9.38. The van der Waals surface area contributed by atoms with E-state index in [1.165, 1.54) is 0 Å². The predicted octanol–water partition coefficient (Wildman–Crippen LogP) is 2.89. The van der Waals surface area contributed by atoms with Gasteiger partial charge < -0.3 is 15.8 Å². The minimum atomic E-state index is 0.121. The Balaban J connectivity index is 3.28. The highest BCUT2D eigenvalue weighted by Gasteiger charge is 2.20. The molecule has 5 heteroatoms. The van der Waals surface area contributed by atoms with E-state index in [1.807, 2.05) is 13.0 Å². The summed E-state index contributed by atoms with van der Waals surface area (Å²) >= 11 is 0. The summed E-state index contributed by atoms with van der Waals surface area (Å²) in [4.78, 5) is 6.74. The molecule has 1 aromatic rings. The van der Waals surface area contributed by atoms with Crippen LogP contribution < -0.4 is 10.6 Å². The number of aromatic nitrogens is 1. The molecule has 0 aromatic carbocycles. The molecular weight excluding hydrogens is 252 g/mol. The summed E-state index contributed by atoms with van der Waals surface area (Å²) in [6.07, 6.45) is 5.02. The molecule has 1 rings (SSSR count). The molecule has 0 fully saturated rings. The van der Waals surface area contributed by atoms with Crippen molar-refractivity contribution in [2.24, 2.45) is 10.9 Å². The van der Waals surface area contributed by atoms with Crippen molar-refractivity contribution in [3.05, 3.63) is 23.4 Å². The summed E-state index contributed by atoms with van der Waals surface area (Å²) in [5.41, 5.74) is 7.53. The van der Waals surface area contributed by atoms with Crippen LogP contribution in [-0.4, -0.2) is 28.6 Å². The van der Waals surface area contributed by atoms with Crippen molar-refractivity contribution < 1.29 is 5.21 Å². The van der Waals surface area contributed by atoms with Crippen LogP contribution in [0.1, 0.15) is 51.2 Å². The molecule has 20 heavy (non-hydrogen) atoms. The molecule has 0 aliphatic heterocycles. The summed E-state index contributed by atoms with van der Waals surface area (Å²) < 4.78 is 0. The maximum absolute atomic E-state index is 9.01. The van der Waals surface area contributed by atoms with Gasteiger partial charge in [-0.2, -0.15) is 0 Å². The fourth-order valence-electron chi connectivity index (χ4n) is 2.21. The molecule has 0 spiro atoms. The number of rotatable bonds is 7. The normalized spacial score (nSPS) is 13.3. The first-order valence-corrected chi connectivity index (χ1v) is 7.26. The molecule has 1 atom stereocenters. The SMILES string of the molecule is CCCCN(c1nccc(C)c1/C(N)=N/O)C(C)CC. The fourth-order valence-corrected chi connectivity index (χ4v) is 2.21. The monoisotopic (exact) mass is 278 g/mol. The number of amidine groups is 1. The lowest BCUT2D eigenvalue weighted by Gasteiger charge is -2.31. The van der Waals surface area contributed by atoms with Crippen molar-refractivity contribution in [3.8, 4) is 0 Å². The van der Waals surface area contributed by atoms with E-state index in [4.69, 9.17) is 10.9 Å². The first kappa shape index (κ1) is 16.3. The van der Waals surface area contributed by atoms with Gasteiger partial charge in [0, 0.05) is 18.8 Å². The Kier molecular flexibility index (Phi) is 6.28. The molecule has 1 aromatic heterocycles. The number of pyridine rings is 1. The van der Waals surface area contributed by atoms with Crippen LogP contribution in [0, 0.1) is 6.92 Å². The number of oxime groups is 1. The fraction of sp³-hybridized carbons (Fsp3) is 0.600. The van der Waals surface area contributed by atoms with Crippen molar-refractivity contribution in [1.29, 1.82) is 0 Å². The average molecular weight is 278 g/mol. The van der Waals surface area contributed by atoms with Crippen LogP contribution in [0.3, 0.4) is 0 Å². The smallest absolute Gasteiger partial charge is 0.174 e. The van der Waals surface area contributed by atoms with Gasteiger partial charge in [0.2, 0.25) is 0 Å². The average Bonchev–Trinajstić information content (AvgIpc) is 2.46. The van der Waals surface area contributed by atoms with Gasteiger partial charge in [-0.05, 0) is 38.3 Å². The Morgan fingerprint density at radius 3 is 2.75 bits per heavy atom. The molecule has 1 heterocycles. The van der Waals surface area contributed by atoms with Crippen molar-refractivity contribution in [1.82, 2.24) is 4.98 Å². The molecule has 3 N–H and O–H groups in total. The first-order valence-electron chi connectivity index (χ1n) is 7.26. The molecular formula is C15H26N4O. The van der Waals surface area contributed by atoms with Crippen molar-refractivity contribution in [3.63, 3.8) is 0 Å². The number of anilines is 1. The van der Waals surface area contributed by atoms with Crippen LogP contribution in [0.5, 0.6) is 0 Å². The van der Waals surface area contributed by atoms with Gasteiger partial charge in [0.1, 0.15) is 5.82 Å². The van der Waals surface area contributed by atoms with E-state index in [0.29, 0.717) is 6.04 Å². The summed E-state index contributed by atoms with van der Waals surface area (Å²) in [5, 5.41) is 12.2. The van der Waals surface area contributed by atoms with E-state index in [0.717, 1.165) is 42.8 Å². The predicted molar refractivity (Wildman–Crippen MR) is 83.5 cm³/mol. The quantitative estimate of drug-likeness (QED) is 0.348. The topological polar surface area (TPSA) is 74.7 Å². The van der Waals surface area contributed by atoms with Gasteiger partial charge in [-0.1, -0.05) is 25.4 Å². The lowest BCUT2D eigenvalue weighted by atomic mass is 10.1. The van der Waals surface area contributed by atoms with Crippen LogP contribution >= 0.6 is 0 Å². The molecule has 0 aliphatic rings. The minimum Gasteiger partial charge on any atom is -0.409 e. The summed E-state index contributed by atoms with van der Waals surface area (Å²) in [7, 11) is 0. The van der Waals surface area contributed by atoms with Crippen molar-refractivity contribution >= 4 is 11.7 Å². The van der Waals surface area contributed by atoms with Gasteiger partial charge in [0.25, 0.3) is 0 Å². The van der Waals surface area contributed by atoms with Gasteiger partial charge in [0.05, 0.1) is 5.56 Å². The number of unbranched alkanes of at least 4 members (excludes halogenated alkanes) is 1. The zero-order valence-electron chi connectivity index (χ0n) is 12.9. The Labute approximate surface area is 121 Å². The van der Waals surface area contributed by atoms with Crippen LogP contribution in [0.4, 0.5) is 5.82 Å². The van der Waals surface area contributed by atoms with E-state index in [9.17, 15) is 0 Å². The third-order valence-electron chi connectivity index (χ3n) is 3.65. The van der Waals surface area contributed by atoms with Gasteiger partial charge in [-0.25, -0.2) is 4.98 Å². The molecule has 0 bridgehead atoms. The van der Waals surface area contributed by atoms with E-state index < -0.39 is 0 Å². The van der Waals surface area contributed by atoms with E-state index in [2.05, 4.69) is 35.8 Å². The Hall–Kier alpha value is -1.78. The van der Waals surface area contributed by atoms with E-state index in [1.54, 1.807) is 6.20 Å². The number of nitrogens with two attached hydrogens (primary N) is 1. The lowest BCUT2D eigenvalue weighted by molar-refractivity contribution is 0.318. The lowest BCUT2D eigenvalue weighted by Crippen LogP contribution is -2.36. The van der Waals surface area contributed by atoms with Gasteiger partial charge >= 0.3 is 0 Å². The number of hydrogen-bond donors (Lipinski definition) is 2. The largest absolute Gasteiger partial charge is 0.409 e. The second kappa shape index (κ2) is 7.72. The second-order valence-corrected chi connectivity index (χ2v) is 5.12. The molecule has 0 aliphatic carbocycles. The van der Waals surface area contributed by atoms with E-state index >= 15 is 0 Å². The molecule has 0 saturated heterocycles. The molecule has 0 amide bonds. The third kappa shape index (κ3) is 3.62. The van der Waals surface area contributed by atoms with Crippen molar-refractivity contribution in [2.75, 3.05) is 11.4 Å². The number of aryl methyl sites for hydroxylation is 1. The van der Waals surface area contributed by atoms with Crippen LogP contribution in [0.25, 0.3) is 0 Å². The zero-order valence-corrected chi connectivity index (χ0v) is 12.9. The minimum absolute atomic E-state index is 0.121. The molecule has 0 saturated carbocycles. The Morgan fingerprint density at radius 1 is 1.50 bits per heavy atom. The standard InChI is InChI=1S/C15H26N4O/c1-5-7-10-19(12(4)6-2)15-13(14(16)18-20)11(3)8-9-17-15/h8-9,12,20H,5-7,10H2,1-4H3,(H2,16,18). The molecule has 1 unspecified atom stereocenters. The highest BCUT2D eigenvalue weighted by Crippen LogP contribution is 2.24. The highest BCUT2D eigenvalue weighted by molar-refractivity contribution is 6.02. The summed E-state index contributed by atoms with van der Waals surface area (Å²) in [5.74, 6) is 0.929. The molecule has 0 radical (unpaired) electrons. The number of hydrogen-bond acceptors (Lipinski definition) is 4. The van der Waals surface area contributed by atoms with Gasteiger partial charge in [-0.15, -0.1) is 0 Å². The highest BCUT2D eigenvalue weighted by atomic mass is 16.4. The Bertz CT molecular complexity index is 459. The number of nitrogens with zero attached hydrogens (tertiary/aromatic N) is 3. The van der Waals surface area contributed by atoms with E-state index in [-0.39, 0.29) is 5.84 Å². The van der Waals surface area contributed by atoms with Gasteiger partial charge in [0.15, 0.2) is 5.84 Å². The zero-order chi connectivity index (χ0) is 15.1. The van der Waals surface area contributed by atoms with Crippen molar-refractivity contribution in [2.45, 2.75) is 53.0 Å². The maximum Gasteiger partial charge on any atom is 0.174 e. The van der Waals surface area contributed by atoms with Crippen LogP contribution in [0.15, 0.2) is 17.4 Å².